The largest absolute Gasteiger partial charge is 0.388 e. The van der Waals surface area contributed by atoms with Gasteiger partial charge in [0.1, 0.15) is 0 Å². The van der Waals surface area contributed by atoms with Gasteiger partial charge in [-0.15, -0.1) is 0 Å². The Morgan fingerprint density at radius 2 is 1.53 bits per heavy atom. The van der Waals surface area contributed by atoms with Crippen molar-refractivity contribution in [3.8, 4) is 0 Å². The molecule has 1 aliphatic rings. The second-order valence-electron chi connectivity index (χ2n) is 7.79. The van der Waals surface area contributed by atoms with E-state index >= 15 is 0 Å². The molecule has 0 aromatic heterocycles. The first-order chi connectivity index (χ1) is 14.1. The van der Waals surface area contributed by atoms with E-state index in [-0.39, 0.29) is 11.8 Å². The summed E-state index contributed by atoms with van der Waals surface area (Å²) in [5, 5.41) is 10.5. The molecule has 3 atom stereocenters. The molecule has 0 bridgehead atoms. The van der Waals surface area contributed by atoms with Crippen LogP contribution in [0.3, 0.4) is 0 Å². The zero-order chi connectivity index (χ0) is 22.1. The predicted molar refractivity (Wildman–Crippen MR) is 118 cm³/mol. The van der Waals surface area contributed by atoms with Crippen molar-refractivity contribution in [2.45, 2.75) is 50.3 Å². The van der Waals surface area contributed by atoms with Gasteiger partial charge in [0.2, 0.25) is 0 Å². The lowest BCUT2D eigenvalue weighted by molar-refractivity contribution is 0.0549. The number of piperidine rings is 1. The van der Waals surface area contributed by atoms with Gasteiger partial charge in [0.15, 0.2) is 5.78 Å². The SMILES string of the molecule is CN1C(CC(=O)c2ccccc2)CCCC1CC(O)c1ccccc1.CS(=O)(=O)O. The molecule has 0 radical (unpaired) electrons. The molecule has 1 heterocycles. The first-order valence-corrected chi connectivity index (χ1v) is 12.0. The zero-order valence-corrected chi connectivity index (χ0v) is 18.3. The number of carbonyl (C=O) groups is 1. The Labute approximate surface area is 179 Å². The van der Waals surface area contributed by atoms with Crippen LogP contribution in [0.5, 0.6) is 0 Å². The van der Waals surface area contributed by atoms with Crippen molar-refractivity contribution in [2.75, 3.05) is 13.3 Å². The normalized spacial score (nSPS) is 20.7. The van der Waals surface area contributed by atoms with Crippen LogP contribution in [0.25, 0.3) is 0 Å². The Morgan fingerprint density at radius 3 is 2.10 bits per heavy atom. The molecule has 30 heavy (non-hydrogen) atoms. The third kappa shape index (κ3) is 8.36. The van der Waals surface area contributed by atoms with Crippen LogP contribution in [0, 0.1) is 0 Å². The number of hydrogen-bond acceptors (Lipinski definition) is 5. The fourth-order valence-electron chi connectivity index (χ4n) is 3.85. The van der Waals surface area contributed by atoms with Crippen molar-refractivity contribution >= 4 is 15.9 Å². The third-order valence-electron chi connectivity index (χ3n) is 5.42. The molecule has 3 unspecified atom stereocenters. The minimum absolute atomic E-state index is 0.210. The van der Waals surface area contributed by atoms with Crippen molar-refractivity contribution in [1.82, 2.24) is 4.90 Å². The predicted octanol–water partition coefficient (Wildman–Crippen LogP) is 3.74. The molecule has 0 aliphatic carbocycles. The van der Waals surface area contributed by atoms with E-state index in [0.717, 1.165) is 36.8 Å². The van der Waals surface area contributed by atoms with E-state index in [9.17, 15) is 18.3 Å². The summed E-state index contributed by atoms with van der Waals surface area (Å²) in [6.07, 6.45) is 4.78. The number of aliphatic hydroxyl groups excluding tert-OH is 1. The van der Waals surface area contributed by atoms with E-state index in [0.29, 0.717) is 18.7 Å². The minimum atomic E-state index is -3.67. The van der Waals surface area contributed by atoms with Gasteiger partial charge in [-0.1, -0.05) is 67.1 Å². The Bertz CT molecular complexity index is 878. The van der Waals surface area contributed by atoms with E-state index in [4.69, 9.17) is 4.55 Å². The quantitative estimate of drug-likeness (QED) is 0.532. The third-order valence-corrected chi connectivity index (χ3v) is 5.42. The highest BCUT2D eigenvalue weighted by atomic mass is 32.2. The number of hydrogen-bond donors (Lipinski definition) is 2. The first-order valence-electron chi connectivity index (χ1n) is 10.1. The maximum atomic E-state index is 12.5. The molecule has 2 aromatic carbocycles. The Balaban J connectivity index is 0.000000575. The number of ketones is 1. The zero-order valence-electron chi connectivity index (χ0n) is 17.5. The summed E-state index contributed by atoms with van der Waals surface area (Å²) in [7, 11) is -1.56. The van der Waals surface area contributed by atoms with Crippen molar-refractivity contribution in [2.24, 2.45) is 0 Å². The lowest BCUT2D eigenvalue weighted by Crippen LogP contribution is -2.45. The highest BCUT2D eigenvalue weighted by molar-refractivity contribution is 7.85. The maximum absolute atomic E-state index is 12.5. The molecular weight excluding hydrogens is 402 g/mol. The molecule has 1 saturated heterocycles. The Hall–Kier alpha value is -2.06. The summed E-state index contributed by atoms with van der Waals surface area (Å²) in [5.41, 5.74) is 1.76. The number of carbonyl (C=O) groups excluding carboxylic acids is 1. The van der Waals surface area contributed by atoms with E-state index < -0.39 is 16.2 Å². The summed E-state index contributed by atoms with van der Waals surface area (Å²) < 4.78 is 25.9. The molecule has 0 amide bonds. The second-order valence-corrected chi connectivity index (χ2v) is 9.26. The van der Waals surface area contributed by atoms with Gasteiger partial charge in [0.05, 0.1) is 12.4 Å². The number of benzene rings is 2. The van der Waals surface area contributed by atoms with Gasteiger partial charge < -0.3 is 5.11 Å². The average Bonchev–Trinajstić information content (AvgIpc) is 2.71. The molecule has 3 rings (SSSR count). The van der Waals surface area contributed by atoms with Crippen LogP contribution in [0.1, 0.15) is 54.1 Å². The molecule has 0 saturated carbocycles. The fourth-order valence-corrected chi connectivity index (χ4v) is 3.85. The van der Waals surface area contributed by atoms with Crippen LogP contribution in [-0.2, 0) is 10.1 Å². The molecule has 2 aromatic rings. The lowest BCUT2D eigenvalue weighted by Gasteiger charge is -2.40. The molecule has 1 fully saturated rings. The van der Waals surface area contributed by atoms with E-state index in [2.05, 4.69) is 11.9 Å². The lowest BCUT2D eigenvalue weighted by atomic mass is 9.88. The highest BCUT2D eigenvalue weighted by Crippen LogP contribution is 2.30. The number of likely N-dealkylation sites (tertiary alicyclic amines) is 1. The minimum Gasteiger partial charge on any atom is -0.388 e. The van der Waals surface area contributed by atoms with Gasteiger partial charge in [0.25, 0.3) is 10.1 Å². The van der Waals surface area contributed by atoms with Crippen molar-refractivity contribution in [3.63, 3.8) is 0 Å². The van der Waals surface area contributed by atoms with Crippen LogP contribution in [0.4, 0.5) is 0 Å². The van der Waals surface area contributed by atoms with E-state index in [1.54, 1.807) is 0 Å². The van der Waals surface area contributed by atoms with Crippen molar-refractivity contribution in [3.05, 3.63) is 71.8 Å². The van der Waals surface area contributed by atoms with Gasteiger partial charge in [-0.3, -0.25) is 14.2 Å². The van der Waals surface area contributed by atoms with E-state index in [1.165, 1.54) is 0 Å². The van der Waals surface area contributed by atoms with Gasteiger partial charge in [-0.05, 0) is 31.9 Å². The van der Waals surface area contributed by atoms with Gasteiger partial charge in [-0.25, -0.2) is 0 Å². The molecule has 6 nitrogen and oxygen atoms in total. The molecule has 7 heteroatoms. The fraction of sp³-hybridized carbons (Fsp3) is 0.435. The van der Waals surface area contributed by atoms with Crippen LogP contribution in [0.2, 0.25) is 0 Å². The summed E-state index contributed by atoms with van der Waals surface area (Å²) in [6, 6.07) is 20.0. The Kier molecular flexibility index (Phi) is 9.17. The number of nitrogens with zero attached hydrogens (tertiary/aromatic N) is 1. The first kappa shape index (κ1) is 24.2. The Morgan fingerprint density at radius 1 is 1.03 bits per heavy atom. The maximum Gasteiger partial charge on any atom is 0.261 e. The second kappa shape index (κ2) is 11.4. The standard InChI is InChI=1S/C22H27NO2.CH4O3S/c1-23-19(15-21(24)17-9-4-2-5-10-17)13-8-14-20(23)16-22(25)18-11-6-3-7-12-18;1-5(2,3)4/h2-7,9-12,19-21,24H,8,13-16H2,1H3;1H3,(H,2,3,4). The summed E-state index contributed by atoms with van der Waals surface area (Å²) in [6.45, 7) is 0. The molecule has 1 aliphatic heterocycles. The van der Waals surface area contributed by atoms with Crippen LogP contribution < -0.4 is 0 Å². The van der Waals surface area contributed by atoms with Gasteiger partial charge >= 0.3 is 0 Å². The molecular formula is C23H31NO5S. The van der Waals surface area contributed by atoms with Crippen LogP contribution >= 0.6 is 0 Å². The number of aliphatic hydroxyl groups is 1. The number of rotatable bonds is 6. The van der Waals surface area contributed by atoms with Gasteiger partial charge in [0, 0.05) is 24.1 Å². The number of Topliss-reactive ketones (excluding diaryl/α,β-unsaturated/α-hetero) is 1. The highest BCUT2D eigenvalue weighted by Gasteiger charge is 2.30. The average molecular weight is 434 g/mol. The molecule has 164 valence electrons. The molecule has 2 N–H and O–H groups in total. The van der Waals surface area contributed by atoms with E-state index in [1.807, 2.05) is 60.7 Å². The van der Waals surface area contributed by atoms with Gasteiger partial charge in [-0.2, -0.15) is 8.42 Å². The van der Waals surface area contributed by atoms with Crippen molar-refractivity contribution < 1.29 is 22.9 Å². The van der Waals surface area contributed by atoms with Crippen LogP contribution in [0.15, 0.2) is 60.7 Å². The summed E-state index contributed by atoms with van der Waals surface area (Å²) in [5.74, 6) is 0.210. The van der Waals surface area contributed by atoms with Crippen LogP contribution in [-0.4, -0.2) is 54.1 Å². The monoisotopic (exact) mass is 433 g/mol. The topological polar surface area (TPSA) is 94.9 Å². The van der Waals surface area contributed by atoms with Crippen molar-refractivity contribution in [1.29, 1.82) is 0 Å². The molecule has 0 spiro atoms. The summed E-state index contributed by atoms with van der Waals surface area (Å²) in [4.78, 5) is 14.8. The smallest absolute Gasteiger partial charge is 0.261 e. The summed E-state index contributed by atoms with van der Waals surface area (Å²) >= 11 is 0.